The van der Waals surface area contributed by atoms with E-state index in [1.54, 1.807) is 17.1 Å². The maximum Gasteiger partial charge on any atom is 0.331 e. The highest BCUT2D eigenvalue weighted by atomic mass is 16.5. The topological polar surface area (TPSA) is 98.9 Å². The van der Waals surface area contributed by atoms with Crippen LogP contribution in [0.1, 0.15) is 61.5 Å². The SMILES string of the molecule is CC1Cc2c(ncnc2Oc2ccc3c(ccn3C(=O)Nc3cc(C4CC4)n(C4CC4)n3)c2)CN1. The van der Waals surface area contributed by atoms with Crippen molar-refractivity contribution in [3.8, 4) is 11.6 Å². The van der Waals surface area contributed by atoms with E-state index in [1.165, 1.54) is 31.4 Å². The maximum atomic E-state index is 13.1. The van der Waals surface area contributed by atoms with Crippen molar-refractivity contribution in [1.82, 2.24) is 29.6 Å². The molecule has 1 atom stereocenters. The molecule has 1 aromatic carbocycles. The van der Waals surface area contributed by atoms with Gasteiger partial charge in [0.2, 0.25) is 5.88 Å². The van der Waals surface area contributed by atoms with E-state index in [0.717, 1.165) is 28.6 Å². The van der Waals surface area contributed by atoms with Gasteiger partial charge in [-0.3, -0.25) is 14.6 Å². The second-order valence-electron chi connectivity index (χ2n) is 9.93. The normalized spacial score (nSPS) is 19.5. The summed E-state index contributed by atoms with van der Waals surface area (Å²) in [6.45, 7) is 2.86. The number of rotatable bonds is 5. The Morgan fingerprint density at radius 2 is 2.03 bits per heavy atom. The van der Waals surface area contributed by atoms with E-state index in [4.69, 9.17) is 9.84 Å². The predicted octanol–water partition coefficient (Wildman–Crippen LogP) is 4.75. The Hall–Kier alpha value is -3.72. The molecule has 2 aliphatic carbocycles. The van der Waals surface area contributed by atoms with E-state index in [9.17, 15) is 4.79 Å². The zero-order chi connectivity index (χ0) is 23.5. The quantitative estimate of drug-likeness (QED) is 0.438. The summed E-state index contributed by atoms with van der Waals surface area (Å²) >= 11 is 0. The van der Waals surface area contributed by atoms with Crippen molar-refractivity contribution in [2.24, 2.45) is 0 Å². The zero-order valence-electron chi connectivity index (χ0n) is 19.6. The van der Waals surface area contributed by atoms with Gasteiger partial charge in [-0.25, -0.2) is 14.8 Å². The summed E-state index contributed by atoms with van der Waals surface area (Å²) in [5.74, 6) is 2.50. The van der Waals surface area contributed by atoms with Gasteiger partial charge < -0.3 is 10.1 Å². The van der Waals surface area contributed by atoms with E-state index in [1.807, 2.05) is 30.3 Å². The number of fused-ring (bicyclic) bond motifs is 2. The van der Waals surface area contributed by atoms with E-state index in [2.05, 4.69) is 32.2 Å². The fourth-order valence-electron chi connectivity index (χ4n) is 4.93. The lowest BCUT2D eigenvalue weighted by atomic mass is 10.0. The zero-order valence-corrected chi connectivity index (χ0v) is 19.6. The van der Waals surface area contributed by atoms with Gasteiger partial charge in [-0.15, -0.1) is 0 Å². The average Bonchev–Trinajstić information content (AvgIpc) is 3.79. The molecule has 9 heteroatoms. The maximum absolute atomic E-state index is 13.1. The Kier molecular flexibility index (Phi) is 4.66. The fraction of sp³-hybridized carbons (Fsp3) is 0.385. The second kappa shape index (κ2) is 7.91. The molecule has 2 N–H and O–H groups in total. The van der Waals surface area contributed by atoms with Crippen LogP contribution in [-0.2, 0) is 13.0 Å². The third-order valence-electron chi connectivity index (χ3n) is 7.11. The van der Waals surface area contributed by atoms with Gasteiger partial charge in [0, 0.05) is 47.4 Å². The predicted molar refractivity (Wildman–Crippen MR) is 131 cm³/mol. The Morgan fingerprint density at radius 1 is 1.14 bits per heavy atom. The highest BCUT2D eigenvalue weighted by Gasteiger charge is 2.34. The van der Waals surface area contributed by atoms with Gasteiger partial charge in [-0.05, 0) is 63.3 Å². The van der Waals surface area contributed by atoms with Crippen molar-refractivity contribution >= 4 is 22.8 Å². The lowest BCUT2D eigenvalue weighted by Gasteiger charge is -2.23. The van der Waals surface area contributed by atoms with Crippen LogP contribution in [0, 0.1) is 0 Å². The summed E-state index contributed by atoms with van der Waals surface area (Å²) in [5.41, 5.74) is 4.10. The molecule has 0 saturated heterocycles. The van der Waals surface area contributed by atoms with Crippen molar-refractivity contribution < 1.29 is 9.53 Å². The highest BCUT2D eigenvalue weighted by Crippen LogP contribution is 2.45. The molecule has 2 saturated carbocycles. The van der Waals surface area contributed by atoms with E-state index in [-0.39, 0.29) is 6.03 Å². The van der Waals surface area contributed by atoms with Crippen LogP contribution in [0.25, 0.3) is 10.9 Å². The molecule has 7 rings (SSSR count). The van der Waals surface area contributed by atoms with Crippen molar-refractivity contribution in [2.45, 2.75) is 63.6 Å². The van der Waals surface area contributed by atoms with Crippen LogP contribution in [0.5, 0.6) is 11.6 Å². The summed E-state index contributed by atoms with van der Waals surface area (Å²) in [6.07, 6.45) is 8.93. The molecule has 3 aromatic heterocycles. The lowest BCUT2D eigenvalue weighted by Crippen LogP contribution is -2.33. The van der Waals surface area contributed by atoms with Gasteiger partial charge in [0.1, 0.15) is 12.1 Å². The minimum atomic E-state index is -0.220. The van der Waals surface area contributed by atoms with Gasteiger partial charge in [0.15, 0.2) is 5.82 Å². The minimum Gasteiger partial charge on any atom is -0.439 e. The van der Waals surface area contributed by atoms with Crippen molar-refractivity contribution in [3.63, 3.8) is 0 Å². The van der Waals surface area contributed by atoms with Crippen LogP contribution in [0.3, 0.4) is 0 Å². The standard InChI is InChI=1S/C26H27N7O2/c1-15-10-20-21(13-27-15)28-14-29-25(20)35-19-6-7-22-17(11-19)8-9-32(22)26(34)30-24-12-23(16-2-3-16)33(31-24)18-4-5-18/h6-9,11-12,14-16,18,27H,2-5,10,13H2,1H3,(H,30,31,34). The van der Waals surface area contributed by atoms with E-state index >= 15 is 0 Å². The van der Waals surface area contributed by atoms with Crippen LogP contribution in [0.4, 0.5) is 10.6 Å². The summed E-state index contributed by atoms with van der Waals surface area (Å²) in [4.78, 5) is 21.9. The van der Waals surface area contributed by atoms with Gasteiger partial charge in [0.05, 0.1) is 17.3 Å². The minimum absolute atomic E-state index is 0.220. The number of benzene rings is 1. The van der Waals surface area contributed by atoms with Crippen LogP contribution >= 0.6 is 0 Å². The number of nitrogens with zero attached hydrogens (tertiary/aromatic N) is 5. The molecule has 0 radical (unpaired) electrons. The van der Waals surface area contributed by atoms with Crippen LogP contribution in [0.15, 0.2) is 42.9 Å². The number of carbonyl (C=O) groups is 1. The summed E-state index contributed by atoms with van der Waals surface area (Å²) in [6, 6.07) is 10.3. The fourth-order valence-corrected chi connectivity index (χ4v) is 4.93. The van der Waals surface area contributed by atoms with E-state index < -0.39 is 0 Å². The van der Waals surface area contributed by atoms with Gasteiger partial charge >= 0.3 is 6.03 Å². The van der Waals surface area contributed by atoms with Gasteiger partial charge in [0.25, 0.3) is 0 Å². The average molecular weight is 470 g/mol. The summed E-state index contributed by atoms with van der Waals surface area (Å²) in [5, 5.41) is 12.0. The molecular weight excluding hydrogens is 442 g/mol. The molecule has 4 aromatic rings. The number of hydrogen-bond acceptors (Lipinski definition) is 6. The summed E-state index contributed by atoms with van der Waals surface area (Å²) < 4.78 is 9.92. The smallest absolute Gasteiger partial charge is 0.331 e. The molecule has 4 heterocycles. The van der Waals surface area contributed by atoms with Crippen LogP contribution < -0.4 is 15.4 Å². The molecule has 35 heavy (non-hydrogen) atoms. The number of carbonyl (C=O) groups excluding carboxylic acids is 1. The molecule has 2 fully saturated rings. The number of nitrogens with one attached hydrogen (secondary N) is 2. The van der Waals surface area contributed by atoms with E-state index in [0.29, 0.717) is 42.0 Å². The van der Waals surface area contributed by atoms with Crippen LogP contribution in [-0.4, -0.2) is 36.4 Å². The number of hydrogen-bond donors (Lipinski definition) is 2. The van der Waals surface area contributed by atoms with Crippen molar-refractivity contribution in [1.29, 1.82) is 0 Å². The third kappa shape index (κ3) is 3.85. The molecule has 9 nitrogen and oxygen atoms in total. The number of anilines is 1. The monoisotopic (exact) mass is 469 g/mol. The first-order valence-corrected chi connectivity index (χ1v) is 12.4. The van der Waals surface area contributed by atoms with Crippen molar-refractivity contribution in [2.75, 3.05) is 5.32 Å². The first-order chi connectivity index (χ1) is 17.1. The van der Waals surface area contributed by atoms with Gasteiger partial charge in [-0.2, -0.15) is 5.10 Å². The lowest BCUT2D eigenvalue weighted by molar-refractivity contribution is 0.254. The molecule has 1 unspecified atom stereocenters. The molecule has 0 spiro atoms. The van der Waals surface area contributed by atoms with Crippen molar-refractivity contribution in [3.05, 3.63) is 59.8 Å². The Morgan fingerprint density at radius 3 is 2.86 bits per heavy atom. The molecular formula is C26H27N7O2. The first kappa shape index (κ1) is 20.6. The molecule has 0 bridgehead atoms. The third-order valence-corrected chi connectivity index (χ3v) is 7.11. The number of amides is 1. The highest BCUT2D eigenvalue weighted by molar-refractivity contribution is 5.98. The Balaban J connectivity index is 1.12. The second-order valence-corrected chi connectivity index (χ2v) is 9.93. The van der Waals surface area contributed by atoms with Gasteiger partial charge in [-0.1, -0.05) is 0 Å². The Bertz CT molecular complexity index is 1420. The number of aromatic nitrogens is 5. The van der Waals surface area contributed by atoms with Crippen LogP contribution in [0.2, 0.25) is 0 Å². The molecule has 1 amide bonds. The largest absolute Gasteiger partial charge is 0.439 e. The molecule has 178 valence electrons. The number of ether oxygens (including phenoxy) is 1. The summed E-state index contributed by atoms with van der Waals surface area (Å²) in [7, 11) is 0. The molecule has 3 aliphatic rings. The first-order valence-electron chi connectivity index (χ1n) is 12.4. The molecule has 1 aliphatic heterocycles. The Labute approximate surface area is 202 Å².